The second kappa shape index (κ2) is 6.78. The Balaban J connectivity index is 2.01. The first-order chi connectivity index (χ1) is 10.6. The molecule has 0 radical (unpaired) electrons. The van der Waals surface area contributed by atoms with Crippen LogP contribution in [0.5, 0.6) is 0 Å². The fourth-order valence-corrected chi connectivity index (χ4v) is 3.89. The highest BCUT2D eigenvalue weighted by Crippen LogP contribution is 2.30. The average Bonchev–Trinajstić information content (AvgIpc) is 2.45. The predicted molar refractivity (Wildman–Crippen MR) is 82.3 cm³/mol. The van der Waals surface area contributed by atoms with Gasteiger partial charge in [-0.25, -0.2) is 13.1 Å². The van der Waals surface area contributed by atoms with Crippen molar-refractivity contribution in [1.82, 2.24) is 10.0 Å². The first kappa shape index (κ1) is 18.2. The molecule has 4 nitrogen and oxygen atoms in total. The number of sulfonamides is 1. The fraction of sp³-hybridized carbons (Fsp3) is 0.600. The van der Waals surface area contributed by atoms with E-state index in [1.54, 1.807) is 0 Å². The van der Waals surface area contributed by atoms with Crippen LogP contribution in [0, 0.1) is 5.41 Å². The van der Waals surface area contributed by atoms with Gasteiger partial charge in [0.15, 0.2) is 0 Å². The summed E-state index contributed by atoms with van der Waals surface area (Å²) in [6.45, 7) is 3.99. The van der Waals surface area contributed by atoms with E-state index in [1.165, 1.54) is 12.1 Å². The molecule has 1 fully saturated rings. The van der Waals surface area contributed by atoms with Gasteiger partial charge in [-0.2, -0.15) is 13.2 Å². The molecule has 1 aliphatic rings. The van der Waals surface area contributed by atoms with Gasteiger partial charge in [-0.1, -0.05) is 25.1 Å². The zero-order chi connectivity index (χ0) is 17.1. The molecule has 0 aliphatic carbocycles. The van der Waals surface area contributed by atoms with Crippen LogP contribution >= 0.6 is 0 Å². The molecular weight excluding hydrogens is 329 g/mol. The third-order valence-corrected chi connectivity index (χ3v) is 5.44. The average molecular weight is 350 g/mol. The maximum atomic E-state index is 12.7. The molecule has 0 bridgehead atoms. The van der Waals surface area contributed by atoms with Gasteiger partial charge >= 0.3 is 6.18 Å². The van der Waals surface area contributed by atoms with Gasteiger partial charge in [0.2, 0.25) is 10.0 Å². The number of nitrogens with one attached hydrogen (secondary N) is 2. The first-order valence-electron chi connectivity index (χ1n) is 7.44. The Morgan fingerprint density at radius 3 is 2.52 bits per heavy atom. The molecule has 1 aliphatic heterocycles. The Labute approximate surface area is 134 Å². The summed E-state index contributed by atoms with van der Waals surface area (Å²) in [7, 11) is -3.67. The van der Waals surface area contributed by atoms with Gasteiger partial charge in [-0.15, -0.1) is 0 Å². The zero-order valence-corrected chi connectivity index (χ0v) is 13.7. The Morgan fingerprint density at radius 1 is 1.26 bits per heavy atom. The quantitative estimate of drug-likeness (QED) is 0.858. The van der Waals surface area contributed by atoms with E-state index in [9.17, 15) is 21.6 Å². The molecule has 8 heteroatoms. The molecule has 2 rings (SSSR count). The van der Waals surface area contributed by atoms with Gasteiger partial charge in [-0.3, -0.25) is 0 Å². The van der Waals surface area contributed by atoms with E-state index in [4.69, 9.17) is 0 Å². The largest absolute Gasteiger partial charge is 0.416 e. The highest BCUT2D eigenvalue weighted by molar-refractivity contribution is 7.88. The predicted octanol–water partition coefficient (Wildman–Crippen LogP) is 2.51. The van der Waals surface area contributed by atoms with Gasteiger partial charge in [0.05, 0.1) is 11.3 Å². The summed E-state index contributed by atoms with van der Waals surface area (Å²) in [5, 5.41) is 3.21. The molecular formula is C15H21F3N2O2S. The van der Waals surface area contributed by atoms with Crippen molar-refractivity contribution in [2.45, 2.75) is 31.7 Å². The van der Waals surface area contributed by atoms with Crippen molar-refractivity contribution in [3.8, 4) is 0 Å². The lowest BCUT2D eigenvalue weighted by molar-refractivity contribution is -0.137. The normalized spacial score (nSPS) is 18.8. The Kier molecular flexibility index (Phi) is 5.37. The molecule has 2 N–H and O–H groups in total. The van der Waals surface area contributed by atoms with E-state index < -0.39 is 27.5 Å². The first-order valence-corrected chi connectivity index (χ1v) is 9.09. The second-order valence-corrected chi connectivity index (χ2v) is 8.15. The standard InChI is InChI=1S/C15H21F3N2O2S/c1-14(5-7-19-8-6-14)11-20-23(21,22)10-12-3-2-4-13(9-12)15(16,17)18/h2-4,9,19-20H,5-8,10-11H2,1H3. The lowest BCUT2D eigenvalue weighted by Crippen LogP contribution is -2.43. The highest BCUT2D eigenvalue weighted by atomic mass is 32.2. The van der Waals surface area contributed by atoms with Gasteiger partial charge in [0.25, 0.3) is 0 Å². The lowest BCUT2D eigenvalue weighted by Gasteiger charge is -2.34. The molecule has 0 spiro atoms. The van der Waals surface area contributed by atoms with Crippen LogP contribution in [0.2, 0.25) is 0 Å². The molecule has 1 saturated heterocycles. The van der Waals surface area contributed by atoms with Crippen LogP contribution in [0.3, 0.4) is 0 Å². The third-order valence-electron chi connectivity index (χ3n) is 4.14. The molecule has 0 atom stereocenters. The third kappa shape index (κ3) is 5.47. The Morgan fingerprint density at radius 2 is 1.91 bits per heavy atom. The molecule has 1 aromatic rings. The molecule has 1 heterocycles. The maximum absolute atomic E-state index is 12.7. The summed E-state index contributed by atoms with van der Waals surface area (Å²) in [5.41, 5.74) is -0.829. The molecule has 130 valence electrons. The van der Waals surface area contributed by atoms with Crippen LogP contribution in [0.4, 0.5) is 13.2 Å². The van der Waals surface area contributed by atoms with Crippen LogP contribution in [-0.2, 0) is 22.0 Å². The fourth-order valence-electron chi connectivity index (χ4n) is 2.60. The monoisotopic (exact) mass is 350 g/mol. The van der Waals surface area contributed by atoms with E-state index in [0.717, 1.165) is 38.1 Å². The number of benzene rings is 1. The smallest absolute Gasteiger partial charge is 0.317 e. The second-order valence-electron chi connectivity index (χ2n) is 6.34. The molecule has 23 heavy (non-hydrogen) atoms. The zero-order valence-electron chi connectivity index (χ0n) is 12.9. The molecule has 0 amide bonds. The number of halogens is 3. The van der Waals surface area contributed by atoms with Gasteiger partial charge in [0.1, 0.15) is 0 Å². The molecule has 1 aromatic carbocycles. The molecule has 0 saturated carbocycles. The minimum atomic E-state index is -4.48. The van der Waals surface area contributed by atoms with E-state index in [1.807, 2.05) is 6.92 Å². The number of alkyl halides is 3. The minimum absolute atomic E-state index is 0.119. The lowest BCUT2D eigenvalue weighted by atomic mass is 9.81. The number of piperidine rings is 1. The van der Waals surface area contributed by atoms with Crippen LogP contribution in [-0.4, -0.2) is 28.1 Å². The van der Waals surface area contributed by atoms with Crippen molar-refractivity contribution in [2.24, 2.45) is 5.41 Å². The molecule has 0 unspecified atom stereocenters. The Bertz CT molecular complexity index is 638. The summed E-state index contributed by atoms with van der Waals surface area (Å²) < 4.78 is 64.8. The van der Waals surface area contributed by atoms with E-state index in [2.05, 4.69) is 10.0 Å². The van der Waals surface area contributed by atoms with Crippen molar-refractivity contribution in [3.05, 3.63) is 35.4 Å². The summed E-state index contributed by atoms with van der Waals surface area (Å²) in [6, 6.07) is 4.42. The van der Waals surface area contributed by atoms with Crippen molar-refractivity contribution in [3.63, 3.8) is 0 Å². The molecule has 0 aromatic heterocycles. The summed E-state index contributed by atoms with van der Waals surface area (Å²) in [4.78, 5) is 0. The van der Waals surface area contributed by atoms with Crippen LogP contribution in [0.25, 0.3) is 0 Å². The van der Waals surface area contributed by atoms with Gasteiger partial charge < -0.3 is 5.32 Å². The van der Waals surface area contributed by atoms with E-state index >= 15 is 0 Å². The summed E-state index contributed by atoms with van der Waals surface area (Å²) >= 11 is 0. The van der Waals surface area contributed by atoms with Gasteiger partial charge in [-0.05, 0) is 43.0 Å². The topological polar surface area (TPSA) is 58.2 Å². The van der Waals surface area contributed by atoms with Crippen molar-refractivity contribution >= 4 is 10.0 Å². The van der Waals surface area contributed by atoms with Crippen molar-refractivity contribution in [1.29, 1.82) is 0 Å². The number of rotatable bonds is 5. The number of hydrogen-bond acceptors (Lipinski definition) is 3. The maximum Gasteiger partial charge on any atom is 0.416 e. The van der Waals surface area contributed by atoms with Crippen molar-refractivity contribution in [2.75, 3.05) is 19.6 Å². The van der Waals surface area contributed by atoms with E-state index in [0.29, 0.717) is 6.54 Å². The Hall–Kier alpha value is -1.12. The minimum Gasteiger partial charge on any atom is -0.317 e. The SMILES string of the molecule is CC1(CNS(=O)(=O)Cc2cccc(C(F)(F)F)c2)CCNCC1. The van der Waals surface area contributed by atoms with Gasteiger partial charge in [0, 0.05) is 6.54 Å². The van der Waals surface area contributed by atoms with Crippen LogP contribution in [0.15, 0.2) is 24.3 Å². The van der Waals surface area contributed by atoms with Crippen LogP contribution in [0.1, 0.15) is 30.9 Å². The summed E-state index contributed by atoms with van der Waals surface area (Å²) in [6.07, 6.45) is -2.76. The van der Waals surface area contributed by atoms with E-state index in [-0.39, 0.29) is 11.0 Å². The summed E-state index contributed by atoms with van der Waals surface area (Å²) in [5.74, 6) is -0.453. The van der Waals surface area contributed by atoms with Crippen LogP contribution < -0.4 is 10.0 Å². The number of hydrogen-bond donors (Lipinski definition) is 2. The highest BCUT2D eigenvalue weighted by Gasteiger charge is 2.31. The van der Waals surface area contributed by atoms with Crippen molar-refractivity contribution < 1.29 is 21.6 Å².